The number of amides is 2. The number of rotatable bonds is 3. The van der Waals surface area contributed by atoms with Gasteiger partial charge in [-0.25, -0.2) is 0 Å². The Balaban J connectivity index is 1.58. The van der Waals surface area contributed by atoms with Crippen LogP contribution in [0, 0.1) is 12.8 Å². The number of nitrogens with one attached hydrogen (secondary N) is 2. The van der Waals surface area contributed by atoms with E-state index in [0.717, 1.165) is 30.3 Å². The average Bonchev–Trinajstić information content (AvgIpc) is 2.66. The summed E-state index contributed by atoms with van der Waals surface area (Å²) in [5.74, 6) is -0.662. The summed E-state index contributed by atoms with van der Waals surface area (Å²) in [6.07, 6.45) is 2.39. The van der Waals surface area contributed by atoms with Crippen molar-refractivity contribution in [2.24, 2.45) is 5.92 Å². The topological polar surface area (TPSA) is 61.4 Å². The first-order chi connectivity index (χ1) is 12.9. The first-order valence-corrected chi connectivity index (χ1v) is 9.53. The number of benzene rings is 2. The number of aryl methyl sites for hydroxylation is 1. The maximum atomic E-state index is 12.2. The summed E-state index contributed by atoms with van der Waals surface area (Å²) in [7, 11) is 0. The molecule has 0 saturated carbocycles. The van der Waals surface area contributed by atoms with E-state index >= 15 is 0 Å². The zero-order chi connectivity index (χ0) is 19.4. The monoisotopic (exact) mass is 385 g/mol. The van der Waals surface area contributed by atoms with Gasteiger partial charge < -0.3 is 15.5 Å². The highest BCUT2D eigenvalue weighted by Gasteiger charge is 2.17. The molecule has 1 aliphatic heterocycles. The minimum Gasteiger partial charge on any atom is -0.372 e. The summed E-state index contributed by atoms with van der Waals surface area (Å²) in [5.41, 5.74) is 3.09. The molecule has 5 nitrogen and oxygen atoms in total. The first-order valence-electron chi connectivity index (χ1n) is 9.16. The third-order valence-electron chi connectivity index (χ3n) is 4.93. The molecule has 1 aliphatic rings. The first kappa shape index (κ1) is 19.2. The van der Waals surface area contributed by atoms with Crippen molar-refractivity contribution in [2.75, 3.05) is 28.6 Å². The molecule has 0 radical (unpaired) electrons. The van der Waals surface area contributed by atoms with E-state index < -0.39 is 11.8 Å². The fourth-order valence-electron chi connectivity index (χ4n) is 3.12. The van der Waals surface area contributed by atoms with Crippen LogP contribution in [0.3, 0.4) is 0 Å². The normalized spacial score (nSPS) is 14.7. The molecular weight excluding hydrogens is 362 g/mol. The molecule has 2 aromatic rings. The number of piperidine rings is 1. The highest BCUT2D eigenvalue weighted by Crippen LogP contribution is 2.24. The predicted octanol–water partition coefficient (Wildman–Crippen LogP) is 4.46. The Bertz CT molecular complexity index is 828. The van der Waals surface area contributed by atoms with Gasteiger partial charge >= 0.3 is 11.8 Å². The van der Waals surface area contributed by atoms with Gasteiger partial charge in [0.15, 0.2) is 0 Å². The Labute approximate surface area is 164 Å². The maximum Gasteiger partial charge on any atom is 0.314 e. The van der Waals surface area contributed by atoms with Crippen LogP contribution in [-0.4, -0.2) is 24.9 Å². The molecule has 0 bridgehead atoms. The van der Waals surface area contributed by atoms with Crippen LogP contribution in [0.25, 0.3) is 0 Å². The number of hydrogen-bond acceptors (Lipinski definition) is 3. The van der Waals surface area contributed by atoms with Crippen LogP contribution >= 0.6 is 11.6 Å². The Hall–Kier alpha value is -2.53. The number of carbonyl (C=O) groups is 2. The van der Waals surface area contributed by atoms with Crippen LogP contribution in [0.5, 0.6) is 0 Å². The Morgan fingerprint density at radius 3 is 2.30 bits per heavy atom. The summed E-state index contributed by atoms with van der Waals surface area (Å²) >= 11 is 5.94. The molecule has 3 rings (SSSR count). The standard InChI is InChI=1S/C21H24ClN3O2/c1-14-9-11-25(12-10-14)18-7-5-17(6-8-18)23-20(26)21(27)24-19-13-16(22)4-3-15(19)2/h3-8,13-14H,9-12H2,1-2H3,(H,23,26)(H,24,27). The van der Waals surface area contributed by atoms with Crippen molar-refractivity contribution in [3.63, 3.8) is 0 Å². The highest BCUT2D eigenvalue weighted by molar-refractivity contribution is 6.43. The van der Waals surface area contributed by atoms with Crippen molar-refractivity contribution in [3.8, 4) is 0 Å². The molecular formula is C21H24ClN3O2. The maximum absolute atomic E-state index is 12.2. The summed E-state index contributed by atoms with van der Waals surface area (Å²) in [4.78, 5) is 26.7. The third kappa shape index (κ3) is 5.01. The molecule has 0 aromatic heterocycles. The summed E-state index contributed by atoms with van der Waals surface area (Å²) in [6.45, 7) is 6.22. The summed E-state index contributed by atoms with van der Waals surface area (Å²) in [5, 5.41) is 5.72. The second kappa shape index (κ2) is 8.44. The molecule has 6 heteroatoms. The largest absolute Gasteiger partial charge is 0.372 e. The molecule has 2 amide bonds. The predicted molar refractivity (Wildman–Crippen MR) is 111 cm³/mol. The van der Waals surface area contributed by atoms with Gasteiger partial charge in [-0.1, -0.05) is 24.6 Å². The van der Waals surface area contributed by atoms with Gasteiger partial charge in [0, 0.05) is 35.2 Å². The van der Waals surface area contributed by atoms with E-state index in [1.807, 2.05) is 31.2 Å². The molecule has 27 heavy (non-hydrogen) atoms. The second-order valence-electron chi connectivity index (χ2n) is 7.08. The molecule has 0 spiro atoms. The van der Waals surface area contributed by atoms with Crippen LogP contribution in [0.2, 0.25) is 5.02 Å². The minimum absolute atomic E-state index is 0.499. The third-order valence-corrected chi connectivity index (χ3v) is 5.16. The average molecular weight is 386 g/mol. The van der Waals surface area contributed by atoms with E-state index in [2.05, 4.69) is 22.5 Å². The van der Waals surface area contributed by atoms with Crippen molar-refractivity contribution in [1.29, 1.82) is 0 Å². The second-order valence-corrected chi connectivity index (χ2v) is 7.52. The molecule has 1 heterocycles. The number of hydrogen-bond donors (Lipinski definition) is 2. The van der Waals surface area contributed by atoms with Gasteiger partial charge in [0.05, 0.1) is 0 Å². The van der Waals surface area contributed by atoms with Gasteiger partial charge in [-0.15, -0.1) is 0 Å². The van der Waals surface area contributed by atoms with Crippen LogP contribution in [-0.2, 0) is 9.59 Å². The molecule has 2 N–H and O–H groups in total. The lowest BCUT2D eigenvalue weighted by Crippen LogP contribution is -2.32. The van der Waals surface area contributed by atoms with Crippen LogP contribution in [0.15, 0.2) is 42.5 Å². The van der Waals surface area contributed by atoms with Crippen LogP contribution in [0.4, 0.5) is 17.1 Å². The van der Waals surface area contributed by atoms with Crippen molar-refractivity contribution in [1.82, 2.24) is 0 Å². The Morgan fingerprint density at radius 1 is 1.00 bits per heavy atom. The van der Waals surface area contributed by atoms with Gasteiger partial charge in [-0.05, 0) is 67.6 Å². The summed E-state index contributed by atoms with van der Waals surface area (Å²) in [6, 6.07) is 12.7. The number of carbonyl (C=O) groups excluding carboxylic acids is 2. The minimum atomic E-state index is -0.727. The van der Waals surface area contributed by atoms with Crippen LogP contribution in [0.1, 0.15) is 25.3 Å². The van der Waals surface area contributed by atoms with Crippen molar-refractivity contribution < 1.29 is 9.59 Å². The molecule has 142 valence electrons. The smallest absolute Gasteiger partial charge is 0.314 e. The summed E-state index contributed by atoms with van der Waals surface area (Å²) < 4.78 is 0. The molecule has 2 aromatic carbocycles. The Morgan fingerprint density at radius 2 is 1.63 bits per heavy atom. The highest BCUT2D eigenvalue weighted by atomic mass is 35.5. The van der Waals surface area contributed by atoms with Gasteiger partial charge in [0.25, 0.3) is 0 Å². The van der Waals surface area contributed by atoms with Crippen molar-refractivity contribution in [2.45, 2.75) is 26.7 Å². The van der Waals surface area contributed by atoms with Crippen molar-refractivity contribution >= 4 is 40.5 Å². The Kier molecular flexibility index (Phi) is 6.01. The lowest BCUT2D eigenvalue weighted by molar-refractivity contribution is -0.133. The zero-order valence-electron chi connectivity index (χ0n) is 15.6. The number of nitrogens with zero attached hydrogens (tertiary/aromatic N) is 1. The van der Waals surface area contributed by atoms with Crippen molar-refractivity contribution in [3.05, 3.63) is 53.1 Å². The van der Waals surface area contributed by atoms with E-state index in [1.165, 1.54) is 12.8 Å². The van der Waals surface area contributed by atoms with Crippen LogP contribution < -0.4 is 15.5 Å². The van der Waals surface area contributed by atoms with Gasteiger partial charge in [-0.2, -0.15) is 0 Å². The molecule has 0 unspecified atom stereocenters. The molecule has 1 saturated heterocycles. The SMILES string of the molecule is Cc1ccc(Cl)cc1NC(=O)C(=O)Nc1ccc(N2CCC(C)CC2)cc1. The van der Waals surface area contributed by atoms with E-state index in [4.69, 9.17) is 11.6 Å². The fraction of sp³-hybridized carbons (Fsp3) is 0.333. The van der Waals surface area contributed by atoms with E-state index in [0.29, 0.717) is 16.4 Å². The van der Waals surface area contributed by atoms with Gasteiger partial charge in [0.2, 0.25) is 0 Å². The number of halogens is 1. The molecule has 0 aliphatic carbocycles. The van der Waals surface area contributed by atoms with E-state index in [-0.39, 0.29) is 0 Å². The zero-order valence-corrected chi connectivity index (χ0v) is 16.3. The van der Waals surface area contributed by atoms with E-state index in [1.54, 1.807) is 18.2 Å². The number of anilines is 3. The quantitative estimate of drug-likeness (QED) is 0.766. The van der Waals surface area contributed by atoms with Gasteiger partial charge in [-0.3, -0.25) is 9.59 Å². The lowest BCUT2D eigenvalue weighted by Gasteiger charge is -2.32. The fourth-order valence-corrected chi connectivity index (χ4v) is 3.29. The molecule has 0 atom stereocenters. The van der Waals surface area contributed by atoms with Gasteiger partial charge in [0.1, 0.15) is 0 Å². The molecule has 1 fully saturated rings. The van der Waals surface area contributed by atoms with E-state index in [9.17, 15) is 9.59 Å². The lowest BCUT2D eigenvalue weighted by atomic mass is 9.99.